The SMILES string of the molecule is Cc1cccc(NCc2ncccc2C(=O)O)c1F. The summed E-state index contributed by atoms with van der Waals surface area (Å²) in [6.45, 7) is 1.83. The Balaban J connectivity index is 2.19. The van der Waals surface area contributed by atoms with Gasteiger partial charge in [0.05, 0.1) is 23.5 Å². The Morgan fingerprint density at radius 1 is 1.37 bits per heavy atom. The highest BCUT2D eigenvalue weighted by Crippen LogP contribution is 2.18. The van der Waals surface area contributed by atoms with Crippen molar-refractivity contribution >= 4 is 11.7 Å². The van der Waals surface area contributed by atoms with Crippen molar-refractivity contribution in [3.63, 3.8) is 0 Å². The minimum atomic E-state index is -1.05. The third-order valence-electron chi connectivity index (χ3n) is 2.76. The van der Waals surface area contributed by atoms with E-state index in [1.165, 1.54) is 12.3 Å². The van der Waals surface area contributed by atoms with Crippen molar-refractivity contribution in [1.82, 2.24) is 4.98 Å². The Kier molecular flexibility index (Phi) is 3.75. The Morgan fingerprint density at radius 3 is 2.89 bits per heavy atom. The summed E-state index contributed by atoms with van der Waals surface area (Å²) in [7, 11) is 0. The zero-order chi connectivity index (χ0) is 13.8. The zero-order valence-electron chi connectivity index (χ0n) is 10.4. The largest absolute Gasteiger partial charge is 0.478 e. The summed E-state index contributed by atoms with van der Waals surface area (Å²) in [5, 5.41) is 11.9. The van der Waals surface area contributed by atoms with Gasteiger partial charge in [-0.1, -0.05) is 12.1 Å². The molecule has 0 saturated heterocycles. The van der Waals surface area contributed by atoms with Crippen LogP contribution in [0.5, 0.6) is 0 Å². The van der Waals surface area contributed by atoms with Crippen molar-refractivity contribution in [2.45, 2.75) is 13.5 Å². The topological polar surface area (TPSA) is 62.2 Å². The van der Waals surface area contributed by atoms with Gasteiger partial charge in [-0.3, -0.25) is 4.98 Å². The quantitative estimate of drug-likeness (QED) is 0.887. The van der Waals surface area contributed by atoms with E-state index >= 15 is 0 Å². The Morgan fingerprint density at radius 2 is 2.16 bits per heavy atom. The fraction of sp³-hybridized carbons (Fsp3) is 0.143. The molecular formula is C14H13FN2O2. The van der Waals surface area contributed by atoms with Crippen LogP contribution in [-0.4, -0.2) is 16.1 Å². The number of aromatic carboxylic acids is 1. The van der Waals surface area contributed by atoms with Crippen LogP contribution in [0.25, 0.3) is 0 Å². The van der Waals surface area contributed by atoms with Crippen molar-refractivity contribution in [3.05, 3.63) is 59.2 Å². The van der Waals surface area contributed by atoms with Gasteiger partial charge in [0, 0.05) is 6.20 Å². The summed E-state index contributed by atoms with van der Waals surface area (Å²) in [5.41, 5.74) is 1.35. The van der Waals surface area contributed by atoms with Crippen LogP contribution in [-0.2, 0) is 6.54 Å². The molecule has 0 aliphatic rings. The van der Waals surface area contributed by atoms with E-state index in [1.807, 2.05) is 0 Å². The van der Waals surface area contributed by atoms with Crippen LogP contribution in [0.2, 0.25) is 0 Å². The molecule has 5 heteroatoms. The van der Waals surface area contributed by atoms with Crippen LogP contribution in [0.4, 0.5) is 10.1 Å². The second kappa shape index (κ2) is 5.48. The molecule has 1 heterocycles. The number of carboxylic acid groups (broad SMARTS) is 1. The number of rotatable bonds is 4. The van der Waals surface area contributed by atoms with Crippen LogP contribution in [0.1, 0.15) is 21.6 Å². The Bertz CT molecular complexity index is 614. The van der Waals surface area contributed by atoms with Crippen LogP contribution in [0.15, 0.2) is 36.5 Å². The number of pyridine rings is 1. The Labute approximate surface area is 109 Å². The lowest BCUT2D eigenvalue weighted by molar-refractivity contribution is 0.0695. The van der Waals surface area contributed by atoms with E-state index < -0.39 is 5.97 Å². The molecule has 0 fully saturated rings. The number of carbonyl (C=O) groups is 1. The number of nitrogens with one attached hydrogen (secondary N) is 1. The van der Waals surface area contributed by atoms with Gasteiger partial charge in [-0.25, -0.2) is 9.18 Å². The molecule has 0 radical (unpaired) electrons. The molecule has 0 saturated carbocycles. The van der Waals surface area contributed by atoms with E-state index in [-0.39, 0.29) is 17.9 Å². The first kappa shape index (κ1) is 13.0. The summed E-state index contributed by atoms with van der Waals surface area (Å²) in [5.74, 6) is -1.38. The highest BCUT2D eigenvalue weighted by molar-refractivity contribution is 5.88. The maximum atomic E-state index is 13.8. The molecule has 19 heavy (non-hydrogen) atoms. The number of hydrogen-bond donors (Lipinski definition) is 2. The third kappa shape index (κ3) is 2.88. The van der Waals surface area contributed by atoms with Crippen molar-refractivity contribution in [2.75, 3.05) is 5.32 Å². The van der Waals surface area contributed by atoms with Gasteiger partial charge in [0.2, 0.25) is 0 Å². The van der Waals surface area contributed by atoms with Gasteiger partial charge < -0.3 is 10.4 Å². The molecule has 0 aliphatic heterocycles. The minimum Gasteiger partial charge on any atom is -0.478 e. The third-order valence-corrected chi connectivity index (χ3v) is 2.76. The number of hydrogen-bond acceptors (Lipinski definition) is 3. The first-order valence-corrected chi connectivity index (χ1v) is 5.75. The second-order valence-electron chi connectivity index (χ2n) is 4.09. The number of benzene rings is 1. The van der Waals surface area contributed by atoms with Crippen molar-refractivity contribution < 1.29 is 14.3 Å². The number of aryl methyl sites for hydroxylation is 1. The number of halogens is 1. The van der Waals surface area contributed by atoms with Crippen molar-refractivity contribution in [1.29, 1.82) is 0 Å². The van der Waals surface area contributed by atoms with E-state index in [9.17, 15) is 9.18 Å². The average Bonchev–Trinajstić information content (AvgIpc) is 2.40. The molecule has 98 valence electrons. The predicted octanol–water partition coefficient (Wildman–Crippen LogP) is 2.84. The monoisotopic (exact) mass is 260 g/mol. The molecule has 0 spiro atoms. The minimum absolute atomic E-state index is 0.114. The molecule has 0 bridgehead atoms. The van der Waals surface area contributed by atoms with Crippen molar-refractivity contribution in [2.24, 2.45) is 0 Å². The fourth-order valence-corrected chi connectivity index (χ4v) is 1.74. The highest BCUT2D eigenvalue weighted by Gasteiger charge is 2.11. The normalized spacial score (nSPS) is 10.2. The van der Waals surface area contributed by atoms with Gasteiger partial charge in [0.1, 0.15) is 5.82 Å². The molecule has 0 amide bonds. The molecule has 2 N–H and O–H groups in total. The fourth-order valence-electron chi connectivity index (χ4n) is 1.74. The summed E-state index contributed by atoms with van der Waals surface area (Å²) in [4.78, 5) is 15.0. The van der Waals surface area contributed by atoms with Crippen molar-refractivity contribution in [3.8, 4) is 0 Å². The predicted molar refractivity (Wildman–Crippen MR) is 69.7 cm³/mol. The first-order chi connectivity index (χ1) is 9.09. The van der Waals surface area contributed by atoms with Gasteiger partial charge in [-0.05, 0) is 30.7 Å². The summed E-state index contributed by atoms with van der Waals surface area (Å²) >= 11 is 0. The maximum absolute atomic E-state index is 13.8. The maximum Gasteiger partial charge on any atom is 0.337 e. The molecular weight excluding hydrogens is 247 g/mol. The molecule has 1 aromatic heterocycles. The lowest BCUT2D eigenvalue weighted by Crippen LogP contribution is -2.10. The van der Waals surface area contributed by atoms with Gasteiger partial charge in [0.25, 0.3) is 0 Å². The standard InChI is InChI=1S/C14H13FN2O2/c1-9-4-2-6-11(13(9)15)17-8-12-10(14(18)19)5-3-7-16-12/h2-7,17H,8H2,1H3,(H,18,19). The molecule has 2 rings (SSSR count). The average molecular weight is 260 g/mol. The van der Waals surface area contributed by atoms with E-state index in [0.717, 1.165) is 0 Å². The van der Waals surface area contributed by atoms with Gasteiger partial charge in [-0.15, -0.1) is 0 Å². The summed E-state index contributed by atoms with van der Waals surface area (Å²) < 4.78 is 13.8. The van der Waals surface area contributed by atoms with E-state index in [4.69, 9.17) is 5.11 Å². The van der Waals surface area contributed by atoms with Crippen LogP contribution in [0.3, 0.4) is 0 Å². The number of carboxylic acids is 1. The molecule has 0 unspecified atom stereocenters. The lowest BCUT2D eigenvalue weighted by Gasteiger charge is -2.10. The van der Waals surface area contributed by atoms with Gasteiger partial charge >= 0.3 is 5.97 Å². The molecule has 2 aromatic rings. The van der Waals surface area contributed by atoms with E-state index in [0.29, 0.717) is 16.9 Å². The van der Waals surface area contributed by atoms with Crippen LogP contribution in [0, 0.1) is 12.7 Å². The van der Waals surface area contributed by atoms with E-state index in [2.05, 4.69) is 10.3 Å². The smallest absolute Gasteiger partial charge is 0.337 e. The summed E-state index contributed by atoms with van der Waals surface area (Å²) in [6.07, 6.45) is 1.51. The molecule has 0 aliphatic carbocycles. The highest BCUT2D eigenvalue weighted by atomic mass is 19.1. The zero-order valence-corrected chi connectivity index (χ0v) is 10.4. The van der Waals surface area contributed by atoms with Crippen LogP contribution < -0.4 is 5.32 Å². The number of aromatic nitrogens is 1. The molecule has 0 atom stereocenters. The van der Waals surface area contributed by atoms with Gasteiger partial charge in [0.15, 0.2) is 0 Å². The number of anilines is 1. The second-order valence-corrected chi connectivity index (χ2v) is 4.09. The van der Waals surface area contributed by atoms with Gasteiger partial charge in [-0.2, -0.15) is 0 Å². The molecule has 4 nitrogen and oxygen atoms in total. The molecule has 1 aromatic carbocycles. The first-order valence-electron chi connectivity index (χ1n) is 5.75. The lowest BCUT2D eigenvalue weighted by atomic mass is 10.1. The van der Waals surface area contributed by atoms with Crippen LogP contribution >= 0.6 is 0 Å². The summed E-state index contributed by atoms with van der Waals surface area (Å²) in [6, 6.07) is 8.03. The number of nitrogens with zero attached hydrogens (tertiary/aromatic N) is 1. The Hall–Kier alpha value is -2.43. The van der Waals surface area contributed by atoms with E-state index in [1.54, 1.807) is 31.2 Å².